The lowest BCUT2D eigenvalue weighted by atomic mass is 10.1. The number of halogens is 1. The first-order valence-electron chi connectivity index (χ1n) is 6.65. The van der Waals surface area contributed by atoms with E-state index in [4.69, 9.17) is 4.74 Å². The summed E-state index contributed by atoms with van der Waals surface area (Å²) in [6.45, 7) is 1.05. The molecule has 20 heavy (non-hydrogen) atoms. The number of ether oxygens (including phenoxy) is 1. The Morgan fingerprint density at radius 3 is 2.65 bits per heavy atom. The number of aryl methyl sites for hydroxylation is 1. The van der Waals surface area contributed by atoms with Crippen molar-refractivity contribution in [2.75, 3.05) is 7.11 Å². The van der Waals surface area contributed by atoms with E-state index in [1.54, 1.807) is 7.11 Å². The molecule has 1 aromatic heterocycles. The van der Waals surface area contributed by atoms with Crippen molar-refractivity contribution in [1.82, 2.24) is 9.55 Å². The minimum Gasteiger partial charge on any atom is -0.497 e. The van der Waals surface area contributed by atoms with Crippen LogP contribution in [0, 0.1) is 0 Å². The van der Waals surface area contributed by atoms with Crippen molar-refractivity contribution in [3.63, 3.8) is 0 Å². The Kier molecular flexibility index (Phi) is 7.51. The highest BCUT2D eigenvalue weighted by Gasteiger charge is 1.91. The second kappa shape index (κ2) is 9.21. The van der Waals surface area contributed by atoms with Gasteiger partial charge in [-0.2, -0.15) is 0 Å². The summed E-state index contributed by atoms with van der Waals surface area (Å²) in [5.74, 6) is 0.900. The Labute approximate surface area is 126 Å². The summed E-state index contributed by atoms with van der Waals surface area (Å²) in [4.78, 5) is 4.03. The second-order valence-corrected chi connectivity index (χ2v) is 4.47. The van der Waals surface area contributed by atoms with E-state index in [1.807, 2.05) is 30.9 Å². The maximum atomic E-state index is 5.13. The number of aromatic nitrogens is 2. The lowest BCUT2D eigenvalue weighted by molar-refractivity contribution is 0.415. The average Bonchev–Trinajstić information content (AvgIpc) is 2.96. The van der Waals surface area contributed by atoms with Crippen molar-refractivity contribution in [2.45, 2.75) is 25.8 Å². The van der Waals surface area contributed by atoms with Gasteiger partial charge in [0.15, 0.2) is 0 Å². The quantitative estimate of drug-likeness (QED) is 0.715. The maximum Gasteiger partial charge on any atom is 0.118 e. The van der Waals surface area contributed by atoms with Crippen molar-refractivity contribution in [3.05, 3.63) is 54.6 Å². The first-order chi connectivity index (χ1) is 9.38. The van der Waals surface area contributed by atoms with Gasteiger partial charge in [-0.1, -0.05) is 24.3 Å². The van der Waals surface area contributed by atoms with Crippen LogP contribution in [0.4, 0.5) is 0 Å². The van der Waals surface area contributed by atoms with Crippen LogP contribution >= 0.6 is 12.4 Å². The predicted molar refractivity (Wildman–Crippen MR) is 85.4 cm³/mol. The standard InChI is InChI=1S/C16H20N2O.ClH/c1-19-16-9-7-15(8-10-16)6-4-2-3-5-12-18-13-11-17-14-18;/h4,6-11,13-14H,2-3,5,12H2,1H3;1H. The van der Waals surface area contributed by atoms with Crippen LogP contribution in [0.2, 0.25) is 0 Å². The van der Waals surface area contributed by atoms with E-state index in [1.165, 1.54) is 18.4 Å². The summed E-state index contributed by atoms with van der Waals surface area (Å²) < 4.78 is 7.25. The lowest BCUT2D eigenvalue weighted by Gasteiger charge is -2.00. The second-order valence-electron chi connectivity index (χ2n) is 4.47. The van der Waals surface area contributed by atoms with Crippen molar-refractivity contribution in [2.24, 2.45) is 0 Å². The van der Waals surface area contributed by atoms with E-state index >= 15 is 0 Å². The fraction of sp³-hybridized carbons (Fsp3) is 0.312. The van der Waals surface area contributed by atoms with Crippen LogP contribution in [0.25, 0.3) is 6.08 Å². The van der Waals surface area contributed by atoms with Gasteiger partial charge in [0, 0.05) is 18.9 Å². The molecule has 2 aromatic rings. The third-order valence-electron chi connectivity index (χ3n) is 3.02. The number of hydrogen-bond acceptors (Lipinski definition) is 2. The van der Waals surface area contributed by atoms with Gasteiger partial charge >= 0.3 is 0 Å². The van der Waals surface area contributed by atoms with E-state index < -0.39 is 0 Å². The van der Waals surface area contributed by atoms with Crippen molar-refractivity contribution in [3.8, 4) is 5.75 Å². The number of allylic oxidation sites excluding steroid dienone is 1. The highest BCUT2D eigenvalue weighted by Crippen LogP contribution is 2.12. The number of nitrogens with zero attached hydrogens (tertiary/aromatic N) is 2. The maximum absolute atomic E-state index is 5.13. The largest absolute Gasteiger partial charge is 0.497 e. The number of hydrogen-bond donors (Lipinski definition) is 0. The predicted octanol–water partition coefficient (Wildman–Crippen LogP) is 4.20. The van der Waals surface area contributed by atoms with E-state index in [-0.39, 0.29) is 12.4 Å². The molecule has 1 aromatic carbocycles. The smallest absolute Gasteiger partial charge is 0.118 e. The highest BCUT2D eigenvalue weighted by atomic mass is 35.5. The van der Waals surface area contributed by atoms with Crippen LogP contribution in [0.3, 0.4) is 0 Å². The Hall–Kier alpha value is -1.74. The van der Waals surface area contributed by atoms with Crippen molar-refractivity contribution >= 4 is 18.5 Å². The van der Waals surface area contributed by atoms with Crippen LogP contribution < -0.4 is 4.74 Å². The van der Waals surface area contributed by atoms with Crippen LogP contribution in [0.1, 0.15) is 24.8 Å². The fourth-order valence-corrected chi connectivity index (χ4v) is 1.91. The molecule has 0 radical (unpaired) electrons. The molecule has 0 unspecified atom stereocenters. The minimum atomic E-state index is 0. The van der Waals surface area contributed by atoms with Gasteiger partial charge in [-0.25, -0.2) is 4.98 Å². The van der Waals surface area contributed by atoms with Gasteiger partial charge in [-0.3, -0.25) is 0 Å². The molecule has 0 atom stereocenters. The van der Waals surface area contributed by atoms with E-state index in [9.17, 15) is 0 Å². The van der Waals surface area contributed by atoms with Gasteiger partial charge in [0.2, 0.25) is 0 Å². The first kappa shape index (κ1) is 16.3. The van der Waals surface area contributed by atoms with Crippen LogP contribution in [0.5, 0.6) is 5.75 Å². The molecule has 0 fully saturated rings. The molecule has 4 heteroatoms. The molecular formula is C16H21ClN2O. The van der Waals surface area contributed by atoms with Crippen molar-refractivity contribution < 1.29 is 4.74 Å². The number of unbranched alkanes of at least 4 members (excludes halogenated alkanes) is 2. The monoisotopic (exact) mass is 292 g/mol. The summed E-state index contributed by atoms with van der Waals surface area (Å²) in [6, 6.07) is 8.11. The Morgan fingerprint density at radius 1 is 1.20 bits per heavy atom. The van der Waals surface area contributed by atoms with Gasteiger partial charge in [0.1, 0.15) is 5.75 Å². The Bertz CT molecular complexity index is 492. The summed E-state index contributed by atoms with van der Waals surface area (Å²) in [5.41, 5.74) is 1.22. The van der Waals surface area contributed by atoms with Gasteiger partial charge < -0.3 is 9.30 Å². The molecular weight excluding hydrogens is 272 g/mol. The molecule has 108 valence electrons. The fourth-order valence-electron chi connectivity index (χ4n) is 1.91. The van der Waals surface area contributed by atoms with Gasteiger partial charge in [0.05, 0.1) is 13.4 Å². The van der Waals surface area contributed by atoms with Gasteiger partial charge in [-0.05, 0) is 37.0 Å². The molecule has 0 amide bonds. The molecule has 1 heterocycles. The van der Waals surface area contributed by atoms with Crippen LogP contribution in [-0.2, 0) is 6.54 Å². The zero-order chi connectivity index (χ0) is 13.3. The number of imidazole rings is 1. The third kappa shape index (κ3) is 5.49. The van der Waals surface area contributed by atoms with Gasteiger partial charge in [-0.15, -0.1) is 12.4 Å². The number of methoxy groups -OCH3 is 1. The zero-order valence-electron chi connectivity index (χ0n) is 11.7. The normalized spacial score (nSPS) is 10.4. The van der Waals surface area contributed by atoms with Crippen LogP contribution in [-0.4, -0.2) is 16.7 Å². The Morgan fingerprint density at radius 2 is 2.00 bits per heavy atom. The first-order valence-corrected chi connectivity index (χ1v) is 6.65. The molecule has 0 aliphatic carbocycles. The summed E-state index contributed by atoms with van der Waals surface area (Å²) in [5, 5.41) is 0. The lowest BCUT2D eigenvalue weighted by Crippen LogP contribution is -1.93. The van der Waals surface area contributed by atoms with E-state index in [2.05, 4.69) is 33.8 Å². The number of rotatable bonds is 7. The minimum absolute atomic E-state index is 0. The van der Waals surface area contributed by atoms with E-state index in [0.717, 1.165) is 18.7 Å². The van der Waals surface area contributed by atoms with Crippen LogP contribution in [0.15, 0.2) is 49.1 Å². The third-order valence-corrected chi connectivity index (χ3v) is 3.02. The molecule has 3 nitrogen and oxygen atoms in total. The summed E-state index contributed by atoms with van der Waals surface area (Å²) >= 11 is 0. The molecule has 0 bridgehead atoms. The van der Waals surface area contributed by atoms with Crippen molar-refractivity contribution in [1.29, 1.82) is 0 Å². The zero-order valence-corrected chi connectivity index (χ0v) is 12.6. The molecule has 0 spiro atoms. The molecule has 0 aliphatic rings. The highest BCUT2D eigenvalue weighted by molar-refractivity contribution is 5.85. The molecule has 0 saturated carbocycles. The van der Waals surface area contributed by atoms with Gasteiger partial charge in [0.25, 0.3) is 0 Å². The molecule has 0 saturated heterocycles. The number of benzene rings is 1. The molecule has 2 rings (SSSR count). The molecule has 0 aliphatic heterocycles. The summed E-state index contributed by atoms with van der Waals surface area (Å²) in [7, 11) is 1.69. The average molecular weight is 293 g/mol. The topological polar surface area (TPSA) is 27.1 Å². The Balaban J connectivity index is 0.00000200. The summed E-state index contributed by atoms with van der Waals surface area (Å²) in [6.07, 6.45) is 13.6. The SMILES string of the molecule is COc1ccc(C=CCCCCn2ccnc2)cc1.Cl. The van der Waals surface area contributed by atoms with E-state index in [0.29, 0.717) is 0 Å². The molecule has 0 N–H and O–H groups in total.